The van der Waals surface area contributed by atoms with Gasteiger partial charge in [0, 0.05) is 19.4 Å². The molecular weight excluding hydrogens is 104 g/mol. The summed E-state index contributed by atoms with van der Waals surface area (Å²) in [6, 6.07) is 0. The quantitative estimate of drug-likeness (QED) is 0.464. The van der Waals surface area contributed by atoms with E-state index in [-0.39, 0.29) is 0 Å². The standard InChI is InChI=1S/C6H10O2/c7-6-2-1-4-8-5-3-6/h1-5H2. The summed E-state index contributed by atoms with van der Waals surface area (Å²) >= 11 is 0. The van der Waals surface area contributed by atoms with Crippen molar-refractivity contribution in [3.05, 3.63) is 0 Å². The molecule has 0 aromatic heterocycles. The van der Waals surface area contributed by atoms with Crippen molar-refractivity contribution >= 4 is 5.78 Å². The lowest BCUT2D eigenvalue weighted by molar-refractivity contribution is -0.119. The van der Waals surface area contributed by atoms with Crippen LogP contribution in [0.2, 0.25) is 0 Å². The SMILES string of the molecule is O=C1CCCOCC1. The van der Waals surface area contributed by atoms with E-state index in [9.17, 15) is 4.79 Å². The van der Waals surface area contributed by atoms with Gasteiger partial charge in [0.2, 0.25) is 0 Å². The summed E-state index contributed by atoms with van der Waals surface area (Å²) < 4.78 is 5.04. The summed E-state index contributed by atoms with van der Waals surface area (Å²) in [4.78, 5) is 10.6. The normalized spacial score (nSPS) is 22.8. The van der Waals surface area contributed by atoms with Crippen LogP contribution in [0.15, 0.2) is 0 Å². The second kappa shape index (κ2) is 2.82. The van der Waals surface area contributed by atoms with Crippen molar-refractivity contribution in [2.75, 3.05) is 13.2 Å². The summed E-state index contributed by atoms with van der Waals surface area (Å²) in [5.74, 6) is 0.350. The molecule has 1 aliphatic rings. The van der Waals surface area contributed by atoms with Crippen LogP contribution in [-0.2, 0) is 9.53 Å². The molecule has 0 spiro atoms. The summed E-state index contributed by atoms with van der Waals surface area (Å²) in [6.07, 6.45) is 2.26. The van der Waals surface area contributed by atoms with E-state index in [4.69, 9.17) is 4.74 Å². The number of carbonyl (C=O) groups excluding carboxylic acids is 1. The van der Waals surface area contributed by atoms with Crippen LogP contribution in [0.4, 0.5) is 0 Å². The predicted molar refractivity (Wildman–Crippen MR) is 29.7 cm³/mol. The monoisotopic (exact) mass is 114 g/mol. The molecule has 2 heteroatoms. The van der Waals surface area contributed by atoms with E-state index in [2.05, 4.69) is 0 Å². The zero-order chi connectivity index (χ0) is 5.82. The van der Waals surface area contributed by atoms with Crippen molar-refractivity contribution in [1.82, 2.24) is 0 Å². The summed E-state index contributed by atoms with van der Waals surface area (Å²) in [6.45, 7) is 1.41. The molecule has 0 N–H and O–H groups in total. The molecule has 0 saturated carbocycles. The molecule has 0 bridgehead atoms. The molecule has 2 nitrogen and oxygen atoms in total. The maximum absolute atomic E-state index is 10.6. The molecular formula is C6H10O2. The first-order valence-corrected chi connectivity index (χ1v) is 2.99. The maximum Gasteiger partial charge on any atom is 0.135 e. The Labute approximate surface area is 48.8 Å². The van der Waals surface area contributed by atoms with E-state index in [0.29, 0.717) is 18.8 Å². The van der Waals surface area contributed by atoms with Crippen LogP contribution in [0.25, 0.3) is 0 Å². The third kappa shape index (κ3) is 1.62. The van der Waals surface area contributed by atoms with Crippen LogP contribution in [0.5, 0.6) is 0 Å². The lowest BCUT2D eigenvalue weighted by Crippen LogP contribution is -1.96. The highest BCUT2D eigenvalue weighted by Gasteiger charge is 2.05. The Morgan fingerprint density at radius 3 is 3.00 bits per heavy atom. The molecule has 1 rings (SSSR count). The summed E-state index contributed by atoms with van der Waals surface area (Å²) in [5.41, 5.74) is 0. The number of Topliss-reactive ketones (excluding diaryl/α,β-unsaturated/α-hetero) is 1. The predicted octanol–water partition coefficient (Wildman–Crippen LogP) is 0.756. The average Bonchev–Trinajstić information content (AvgIpc) is 1.94. The van der Waals surface area contributed by atoms with Crippen LogP contribution in [-0.4, -0.2) is 19.0 Å². The van der Waals surface area contributed by atoms with Gasteiger partial charge >= 0.3 is 0 Å². The minimum Gasteiger partial charge on any atom is -0.381 e. The summed E-state index contributed by atoms with van der Waals surface area (Å²) in [7, 11) is 0. The van der Waals surface area contributed by atoms with Crippen molar-refractivity contribution in [3.8, 4) is 0 Å². The largest absolute Gasteiger partial charge is 0.381 e. The number of hydrogen-bond acceptors (Lipinski definition) is 2. The van der Waals surface area contributed by atoms with E-state index in [1.54, 1.807) is 0 Å². The van der Waals surface area contributed by atoms with E-state index >= 15 is 0 Å². The number of hydrogen-bond donors (Lipinski definition) is 0. The van der Waals surface area contributed by atoms with E-state index in [1.807, 2.05) is 0 Å². The van der Waals surface area contributed by atoms with Crippen molar-refractivity contribution in [2.45, 2.75) is 19.3 Å². The number of ether oxygens (including phenoxy) is 1. The van der Waals surface area contributed by atoms with Gasteiger partial charge in [-0.15, -0.1) is 0 Å². The zero-order valence-electron chi connectivity index (χ0n) is 4.85. The first-order chi connectivity index (χ1) is 3.89. The Bertz CT molecular complexity index is 78.5. The zero-order valence-corrected chi connectivity index (χ0v) is 4.85. The molecule has 0 radical (unpaired) electrons. The Hall–Kier alpha value is -0.370. The van der Waals surface area contributed by atoms with Gasteiger partial charge < -0.3 is 4.74 Å². The Morgan fingerprint density at radius 1 is 1.25 bits per heavy atom. The Balaban J connectivity index is 2.27. The van der Waals surface area contributed by atoms with E-state index < -0.39 is 0 Å². The van der Waals surface area contributed by atoms with Gasteiger partial charge in [-0.25, -0.2) is 0 Å². The molecule has 8 heavy (non-hydrogen) atoms. The van der Waals surface area contributed by atoms with Crippen LogP contribution in [0.3, 0.4) is 0 Å². The minimum absolute atomic E-state index is 0.350. The first-order valence-electron chi connectivity index (χ1n) is 2.99. The number of ketones is 1. The lowest BCUT2D eigenvalue weighted by atomic mass is 10.2. The van der Waals surface area contributed by atoms with Crippen molar-refractivity contribution in [2.24, 2.45) is 0 Å². The van der Waals surface area contributed by atoms with Gasteiger partial charge in [-0.1, -0.05) is 0 Å². The second-order valence-corrected chi connectivity index (χ2v) is 2.00. The summed E-state index contributed by atoms with van der Waals surface area (Å²) in [5, 5.41) is 0. The average molecular weight is 114 g/mol. The fourth-order valence-corrected chi connectivity index (χ4v) is 0.784. The van der Waals surface area contributed by atoms with Gasteiger partial charge in [-0.2, -0.15) is 0 Å². The van der Waals surface area contributed by atoms with Gasteiger partial charge in [0.25, 0.3) is 0 Å². The van der Waals surface area contributed by atoms with E-state index in [1.165, 1.54) is 0 Å². The van der Waals surface area contributed by atoms with Crippen LogP contribution >= 0.6 is 0 Å². The molecule has 1 aliphatic heterocycles. The number of rotatable bonds is 0. The van der Waals surface area contributed by atoms with E-state index in [0.717, 1.165) is 19.4 Å². The second-order valence-electron chi connectivity index (χ2n) is 2.00. The molecule has 0 aromatic carbocycles. The van der Waals surface area contributed by atoms with Gasteiger partial charge in [0.1, 0.15) is 5.78 Å². The lowest BCUT2D eigenvalue weighted by Gasteiger charge is -1.90. The van der Waals surface area contributed by atoms with Gasteiger partial charge in [0.05, 0.1) is 6.61 Å². The van der Waals surface area contributed by atoms with Crippen molar-refractivity contribution in [1.29, 1.82) is 0 Å². The molecule has 1 saturated heterocycles. The third-order valence-corrected chi connectivity index (χ3v) is 1.27. The smallest absolute Gasteiger partial charge is 0.135 e. The fraction of sp³-hybridized carbons (Fsp3) is 0.833. The molecule has 0 aliphatic carbocycles. The molecule has 1 heterocycles. The third-order valence-electron chi connectivity index (χ3n) is 1.27. The van der Waals surface area contributed by atoms with Crippen LogP contribution in [0, 0.1) is 0 Å². The van der Waals surface area contributed by atoms with Gasteiger partial charge in [-0.3, -0.25) is 4.79 Å². The minimum atomic E-state index is 0.350. The molecule has 0 atom stereocenters. The topological polar surface area (TPSA) is 26.3 Å². The number of carbonyl (C=O) groups is 1. The van der Waals surface area contributed by atoms with Gasteiger partial charge in [-0.05, 0) is 6.42 Å². The Kier molecular flexibility index (Phi) is 2.03. The molecule has 46 valence electrons. The highest BCUT2D eigenvalue weighted by molar-refractivity contribution is 5.78. The molecule has 0 unspecified atom stereocenters. The van der Waals surface area contributed by atoms with Crippen molar-refractivity contribution in [3.63, 3.8) is 0 Å². The molecule has 0 aromatic rings. The Morgan fingerprint density at radius 2 is 2.12 bits per heavy atom. The highest BCUT2D eigenvalue weighted by atomic mass is 16.5. The van der Waals surface area contributed by atoms with Gasteiger partial charge in [0.15, 0.2) is 0 Å². The molecule has 1 fully saturated rings. The molecule has 0 amide bonds. The fourth-order valence-electron chi connectivity index (χ4n) is 0.784. The maximum atomic E-state index is 10.6. The highest BCUT2D eigenvalue weighted by Crippen LogP contribution is 2.01. The van der Waals surface area contributed by atoms with Crippen molar-refractivity contribution < 1.29 is 9.53 Å². The van der Waals surface area contributed by atoms with Crippen LogP contribution in [0.1, 0.15) is 19.3 Å². The van der Waals surface area contributed by atoms with Crippen LogP contribution < -0.4 is 0 Å². The first kappa shape index (κ1) is 5.76.